The molecule has 3 aromatic rings. The van der Waals surface area contributed by atoms with E-state index in [2.05, 4.69) is 10.1 Å². The molecule has 2 aromatic heterocycles. The molecule has 3 rings (SSSR count). The first kappa shape index (κ1) is 16.0. The summed E-state index contributed by atoms with van der Waals surface area (Å²) >= 11 is 13.3. The maximum atomic E-state index is 11.8. The SMILES string of the molecule is O=C(Cc1ccc(Cl)c(Cl)c1)OCc1noc(-c2ccsc2)n1. The highest BCUT2D eigenvalue weighted by Gasteiger charge is 2.12. The van der Waals surface area contributed by atoms with Crippen LogP contribution in [0.25, 0.3) is 11.5 Å². The molecule has 0 atom stereocenters. The number of rotatable bonds is 5. The highest BCUT2D eigenvalue weighted by Crippen LogP contribution is 2.23. The van der Waals surface area contributed by atoms with Crippen molar-refractivity contribution in [3.8, 4) is 11.5 Å². The van der Waals surface area contributed by atoms with Crippen LogP contribution >= 0.6 is 34.5 Å². The molecule has 5 nitrogen and oxygen atoms in total. The Bertz CT molecular complexity index is 818. The molecule has 0 unspecified atom stereocenters. The van der Waals surface area contributed by atoms with E-state index >= 15 is 0 Å². The molecule has 0 aliphatic rings. The minimum atomic E-state index is -0.412. The van der Waals surface area contributed by atoms with Gasteiger partial charge in [0.1, 0.15) is 0 Å². The monoisotopic (exact) mass is 368 g/mol. The van der Waals surface area contributed by atoms with E-state index in [9.17, 15) is 4.79 Å². The van der Waals surface area contributed by atoms with E-state index in [-0.39, 0.29) is 13.0 Å². The number of benzene rings is 1. The number of carbonyl (C=O) groups excluding carboxylic acids is 1. The second-order valence-electron chi connectivity index (χ2n) is 4.61. The summed E-state index contributed by atoms with van der Waals surface area (Å²) in [6, 6.07) is 6.86. The van der Waals surface area contributed by atoms with Gasteiger partial charge >= 0.3 is 5.97 Å². The van der Waals surface area contributed by atoms with Crippen molar-refractivity contribution in [2.75, 3.05) is 0 Å². The summed E-state index contributed by atoms with van der Waals surface area (Å²) in [6.45, 7) is -0.0478. The lowest BCUT2D eigenvalue weighted by Crippen LogP contribution is -2.08. The molecule has 0 radical (unpaired) electrons. The Morgan fingerprint density at radius 2 is 2.13 bits per heavy atom. The van der Waals surface area contributed by atoms with Crippen molar-refractivity contribution in [2.24, 2.45) is 0 Å². The molecule has 0 aliphatic carbocycles. The number of thiophene rings is 1. The number of hydrogen-bond donors (Lipinski definition) is 0. The van der Waals surface area contributed by atoms with Crippen LogP contribution in [0.1, 0.15) is 11.4 Å². The third-order valence-corrected chi connectivity index (χ3v) is 4.35. The molecule has 0 N–H and O–H groups in total. The van der Waals surface area contributed by atoms with Crippen LogP contribution in [0.3, 0.4) is 0 Å². The van der Waals surface area contributed by atoms with Crippen LogP contribution in [0.15, 0.2) is 39.5 Å². The predicted octanol–water partition coefficient (Wildman–Crippen LogP) is 4.39. The van der Waals surface area contributed by atoms with Crippen LogP contribution in [0.5, 0.6) is 0 Å². The Kier molecular flexibility index (Phi) is 4.95. The second-order valence-corrected chi connectivity index (χ2v) is 6.21. The number of nitrogens with zero attached hydrogens (tertiary/aromatic N) is 2. The van der Waals surface area contributed by atoms with Crippen LogP contribution in [-0.4, -0.2) is 16.1 Å². The number of ether oxygens (including phenoxy) is 1. The summed E-state index contributed by atoms with van der Waals surface area (Å²) in [7, 11) is 0. The summed E-state index contributed by atoms with van der Waals surface area (Å²) in [5.41, 5.74) is 1.56. The molecule has 0 amide bonds. The fraction of sp³-hybridized carbons (Fsp3) is 0.133. The van der Waals surface area contributed by atoms with Crippen molar-refractivity contribution >= 4 is 40.5 Å². The van der Waals surface area contributed by atoms with Crippen LogP contribution < -0.4 is 0 Å². The fourth-order valence-electron chi connectivity index (χ4n) is 1.83. The lowest BCUT2D eigenvalue weighted by Gasteiger charge is -2.03. The Balaban J connectivity index is 1.55. The van der Waals surface area contributed by atoms with Gasteiger partial charge in [-0.15, -0.1) is 0 Å². The molecular formula is C15H10Cl2N2O3S. The Morgan fingerprint density at radius 3 is 2.87 bits per heavy atom. The van der Waals surface area contributed by atoms with Crippen molar-refractivity contribution < 1.29 is 14.1 Å². The molecule has 0 saturated carbocycles. The number of esters is 1. The maximum absolute atomic E-state index is 11.8. The molecule has 0 aliphatic heterocycles. The minimum Gasteiger partial charge on any atom is -0.457 e. The number of aromatic nitrogens is 2. The average Bonchev–Trinajstić information content (AvgIpc) is 3.19. The first-order valence-electron chi connectivity index (χ1n) is 6.56. The van der Waals surface area contributed by atoms with Gasteiger partial charge in [0.2, 0.25) is 5.82 Å². The Hall–Kier alpha value is -1.89. The zero-order valence-electron chi connectivity index (χ0n) is 11.7. The van der Waals surface area contributed by atoms with Crippen molar-refractivity contribution in [1.29, 1.82) is 0 Å². The molecule has 118 valence electrons. The predicted molar refractivity (Wildman–Crippen MR) is 87.6 cm³/mol. The van der Waals surface area contributed by atoms with Gasteiger partial charge in [-0.25, -0.2) is 0 Å². The lowest BCUT2D eigenvalue weighted by atomic mass is 10.1. The zero-order chi connectivity index (χ0) is 16.2. The van der Waals surface area contributed by atoms with Crippen molar-refractivity contribution in [1.82, 2.24) is 10.1 Å². The van der Waals surface area contributed by atoms with Gasteiger partial charge in [-0.3, -0.25) is 4.79 Å². The van der Waals surface area contributed by atoms with Crippen molar-refractivity contribution in [3.05, 3.63) is 56.5 Å². The standard InChI is InChI=1S/C15H10Cl2N2O3S/c16-11-2-1-9(5-12(11)17)6-14(20)21-7-13-18-15(22-19-13)10-3-4-23-8-10/h1-5,8H,6-7H2. The average molecular weight is 369 g/mol. The van der Waals surface area contributed by atoms with Gasteiger partial charge in [0.05, 0.1) is 22.0 Å². The molecule has 2 heterocycles. The van der Waals surface area contributed by atoms with E-state index in [1.54, 1.807) is 18.2 Å². The third-order valence-electron chi connectivity index (χ3n) is 2.93. The van der Waals surface area contributed by atoms with E-state index < -0.39 is 5.97 Å². The smallest absolute Gasteiger partial charge is 0.310 e. The number of halogens is 2. The van der Waals surface area contributed by atoms with Gasteiger partial charge in [0.15, 0.2) is 6.61 Å². The molecule has 0 bridgehead atoms. The lowest BCUT2D eigenvalue weighted by molar-refractivity contribution is -0.144. The molecule has 1 aromatic carbocycles. The topological polar surface area (TPSA) is 65.2 Å². The van der Waals surface area contributed by atoms with Gasteiger partial charge in [-0.05, 0) is 29.1 Å². The minimum absolute atomic E-state index is 0.0478. The molecule has 0 spiro atoms. The van der Waals surface area contributed by atoms with Crippen LogP contribution in [0, 0.1) is 0 Å². The highest BCUT2D eigenvalue weighted by atomic mass is 35.5. The highest BCUT2D eigenvalue weighted by molar-refractivity contribution is 7.08. The first-order valence-corrected chi connectivity index (χ1v) is 8.26. The van der Waals surface area contributed by atoms with Gasteiger partial charge < -0.3 is 9.26 Å². The summed E-state index contributed by atoms with van der Waals surface area (Å²) < 4.78 is 10.2. The molecular weight excluding hydrogens is 359 g/mol. The molecule has 0 fully saturated rings. The molecule has 0 saturated heterocycles. The van der Waals surface area contributed by atoms with Crippen LogP contribution in [0.4, 0.5) is 0 Å². The largest absolute Gasteiger partial charge is 0.457 e. The van der Waals surface area contributed by atoms with E-state index in [0.717, 1.165) is 11.1 Å². The van der Waals surface area contributed by atoms with Gasteiger partial charge in [0, 0.05) is 5.38 Å². The van der Waals surface area contributed by atoms with Crippen LogP contribution in [0.2, 0.25) is 10.0 Å². The third kappa shape index (κ3) is 4.10. The summed E-state index contributed by atoms with van der Waals surface area (Å²) in [5, 5.41) is 8.43. The van der Waals surface area contributed by atoms with Gasteiger partial charge in [-0.2, -0.15) is 16.3 Å². The molecule has 23 heavy (non-hydrogen) atoms. The quantitative estimate of drug-likeness (QED) is 0.624. The van der Waals surface area contributed by atoms with Gasteiger partial charge in [0.25, 0.3) is 5.89 Å². The van der Waals surface area contributed by atoms with Crippen molar-refractivity contribution in [2.45, 2.75) is 13.0 Å². The summed E-state index contributed by atoms with van der Waals surface area (Å²) in [6.07, 6.45) is 0.0894. The second kappa shape index (κ2) is 7.12. The van der Waals surface area contributed by atoms with E-state index in [1.165, 1.54) is 11.3 Å². The van der Waals surface area contributed by atoms with Crippen molar-refractivity contribution in [3.63, 3.8) is 0 Å². The van der Waals surface area contributed by atoms with E-state index in [4.69, 9.17) is 32.5 Å². The normalized spacial score (nSPS) is 10.7. The molecule has 8 heteroatoms. The number of hydrogen-bond acceptors (Lipinski definition) is 6. The zero-order valence-corrected chi connectivity index (χ0v) is 14.0. The summed E-state index contributed by atoms with van der Waals surface area (Å²) in [5.74, 6) is 0.306. The fourth-order valence-corrected chi connectivity index (χ4v) is 2.78. The van der Waals surface area contributed by atoms with Gasteiger partial charge in [-0.1, -0.05) is 34.4 Å². The Morgan fingerprint density at radius 1 is 1.26 bits per heavy atom. The van der Waals surface area contributed by atoms with Crippen LogP contribution in [-0.2, 0) is 22.6 Å². The maximum Gasteiger partial charge on any atom is 0.310 e. The first-order chi connectivity index (χ1) is 11.1. The van der Waals surface area contributed by atoms with E-state index in [0.29, 0.717) is 21.8 Å². The van der Waals surface area contributed by atoms with E-state index in [1.807, 2.05) is 16.8 Å². The number of carbonyl (C=O) groups is 1. The summed E-state index contributed by atoms with van der Waals surface area (Å²) in [4.78, 5) is 16.0. The Labute approximate surface area is 145 Å².